The van der Waals surface area contributed by atoms with E-state index in [1.807, 2.05) is 0 Å². The van der Waals surface area contributed by atoms with E-state index in [-0.39, 0.29) is 28.7 Å². The first kappa shape index (κ1) is 17.9. The van der Waals surface area contributed by atoms with Crippen molar-refractivity contribution in [3.63, 3.8) is 0 Å². The standard InChI is InChI=1S/C14H18FNO5S2/c1-9(2)16-14(17)12-7-10(3-4-13(12)15)23(20,21)11-5-6-22(18,19)8-11/h3-4,7,9,11H,5-6,8H2,1-2H3,(H,16,17)/t11-/m1/s1. The Morgan fingerprint density at radius 2 is 2.00 bits per heavy atom. The molecule has 2 rings (SSSR count). The first-order valence-corrected chi connectivity index (χ1v) is 10.4. The van der Waals surface area contributed by atoms with E-state index >= 15 is 0 Å². The number of rotatable bonds is 4. The summed E-state index contributed by atoms with van der Waals surface area (Å²) in [5.74, 6) is -2.17. The summed E-state index contributed by atoms with van der Waals surface area (Å²) < 4.78 is 61.8. The molecule has 128 valence electrons. The fourth-order valence-electron chi connectivity index (χ4n) is 2.39. The van der Waals surface area contributed by atoms with Crippen molar-refractivity contribution in [1.29, 1.82) is 0 Å². The molecule has 0 unspecified atom stereocenters. The Morgan fingerprint density at radius 1 is 1.35 bits per heavy atom. The second-order valence-electron chi connectivity index (χ2n) is 5.84. The molecule has 0 radical (unpaired) electrons. The molecular weight excluding hydrogens is 345 g/mol. The van der Waals surface area contributed by atoms with E-state index < -0.39 is 42.4 Å². The fourth-order valence-corrected chi connectivity index (χ4v) is 6.78. The summed E-state index contributed by atoms with van der Waals surface area (Å²) in [5, 5.41) is 1.44. The molecule has 0 aliphatic carbocycles. The van der Waals surface area contributed by atoms with Crippen LogP contribution in [0.4, 0.5) is 4.39 Å². The molecule has 1 aromatic carbocycles. The van der Waals surface area contributed by atoms with Crippen LogP contribution in [-0.2, 0) is 19.7 Å². The summed E-state index contributed by atoms with van der Waals surface area (Å²) in [6.45, 7) is 3.39. The lowest BCUT2D eigenvalue weighted by Crippen LogP contribution is -2.31. The molecule has 9 heteroatoms. The third kappa shape index (κ3) is 3.89. The molecule has 1 amide bonds. The number of benzene rings is 1. The monoisotopic (exact) mass is 363 g/mol. The number of nitrogens with one attached hydrogen (secondary N) is 1. The highest BCUT2D eigenvalue weighted by Crippen LogP contribution is 2.26. The van der Waals surface area contributed by atoms with Crippen LogP contribution in [0.3, 0.4) is 0 Å². The van der Waals surface area contributed by atoms with Gasteiger partial charge in [-0.3, -0.25) is 4.79 Å². The molecule has 1 N–H and O–H groups in total. The maximum absolute atomic E-state index is 13.8. The number of halogens is 1. The number of sulfone groups is 2. The zero-order valence-corrected chi connectivity index (χ0v) is 14.4. The highest BCUT2D eigenvalue weighted by molar-refractivity contribution is 7.96. The molecule has 1 fully saturated rings. The topological polar surface area (TPSA) is 97.4 Å². The van der Waals surface area contributed by atoms with Crippen LogP contribution >= 0.6 is 0 Å². The Labute approximate surface area is 134 Å². The number of carbonyl (C=O) groups excluding carboxylic acids is 1. The van der Waals surface area contributed by atoms with Crippen molar-refractivity contribution in [3.05, 3.63) is 29.6 Å². The predicted octanol–water partition coefficient (Wildman–Crippen LogP) is 0.925. The molecule has 1 heterocycles. The van der Waals surface area contributed by atoms with Gasteiger partial charge in [-0.25, -0.2) is 21.2 Å². The number of hydrogen-bond donors (Lipinski definition) is 1. The summed E-state index contributed by atoms with van der Waals surface area (Å²) in [7, 11) is -7.31. The molecule has 1 aromatic rings. The molecule has 0 aromatic heterocycles. The van der Waals surface area contributed by atoms with Gasteiger partial charge in [0.1, 0.15) is 5.82 Å². The lowest BCUT2D eigenvalue weighted by Gasteiger charge is -2.13. The third-order valence-electron chi connectivity index (χ3n) is 3.56. The average Bonchev–Trinajstić information content (AvgIpc) is 2.79. The minimum absolute atomic E-state index is 0.00949. The predicted molar refractivity (Wildman–Crippen MR) is 83.2 cm³/mol. The maximum atomic E-state index is 13.8. The van der Waals surface area contributed by atoms with Gasteiger partial charge in [-0.15, -0.1) is 0 Å². The van der Waals surface area contributed by atoms with Gasteiger partial charge in [0.05, 0.1) is 27.2 Å². The van der Waals surface area contributed by atoms with Crippen LogP contribution in [0, 0.1) is 5.82 Å². The van der Waals surface area contributed by atoms with Gasteiger partial charge >= 0.3 is 0 Å². The number of amides is 1. The van der Waals surface area contributed by atoms with Crippen molar-refractivity contribution in [3.8, 4) is 0 Å². The van der Waals surface area contributed by atoms with E-state index in [2.05, 4.69) is 5.32 Å². The van der Waals surface area contributed by atoms with Crippen LogP contribution in [-0.4, -0.2) is 45.5 Å². The molecule has 1 aliphatic rings. The van der Waals surface area contributed by atoms with Crippen LogP contribution in [0.1, 0.15) is 30.6 Å². The van der Waals surface area contributed by atoms with Crippen LogP contribution < -0.4 is 5.32 Å². The zero-order chi connectivity index (χ0) is 17.4. The van der Waals surface area contributed by atoms with Gasteiger partial charge in [-0.2, -0.15) is 0 Å². The molecule has 6 nitrogen and oxygen atoms in total. The fraction of sp³-hybridized carbons (Fsp3) is 0.500. The zero-order valence-electron chi connectivity index (χ0n) is 12.7. The molecular formula is C14H18FNO5S2. The molecule has 0 bridgehead atoms. The van der Waals surface area contributed by atoms with Crippen molar-refractivity contribution >= 4 is 25.6 Å². The van der Waals surface area contributed by atoms with E-state index in [9.17, 15) is 26.0 Å². The van der Waals surface area contributed by atoms with Crippen LogP contribution in [0.5, 0.6) is 0 Å². The van der Waals surface area contributed by atoms with Crippen molar-refractivity contribution in [2.24, 2.45) is 0 Å². The van der Waals surface area contributed by atoms with Gasteiger partial charge in [0, 0.05) is 6.04 Å². The van der Waals surface area contributed by atoms with E-state index in [1.165, 1.54) is 0 Å². The smallest absolute Gasteiger partial charge is 0.254 e. The van der Waals surface area contributed by atoms with Crippen LogP contribution in [0.25, 0.3) is 0 Å². The molecule has 1 atom stereocenters. The third-order valence-corrected chi connectivity index (χ3v) is 7.73. The average molecular weight is 363 g/mol. The van der Waals surface area contributed by atoms with Crippen LogP contribution in [0.2, 0.25) is 0 Å². The minimum atomic E-state index is -3.94. The SMILES string of the molecule is CC(C)NC(=O)c1cc(S(=O)(=O)[C@@H]2CCS(=O)(=O)C2)ccc1F. The lowest BCUT2D eigenvalue weighted by molar-refractivity contribution is 0.0939. The molecule has 0 spiro atoms. The highest BCUT2D eigenvalue weighted by atomic mass is 32.2. The van der Waals surface area contributed by atoms with E-state index in [0.717, 1.165) is 18.2 Å². The van der Waals surface area contributed by atoms with Crippen molar-refractivity contribution in [2.45, 2.75) is 36.5 Å². The van der Waals surface area contributed by atoms with Gasteiger partial charge in [0.15, 0.2) is 19.7 Å². The summed E-state index contributed by atoms with van der Waals surface area (Å²) in [4.78, 5) is 11.7. The maximum Gasteiger partial charge on any atom is 0.254 e. The summed E-state index contributed by atoms with van der Waals surface area (Å²) >= 11 is 0. The lowest BCUT2D eigenvalue weighted by atomic mass is 10.2. The molecule has 0 saturated carbocycles. The summed E-state index contributed by atoms with van der Waals surface area (Å²) in [6.07, 6.45) is 0.00949. The second-order valence-corrected chi connectivity index (χ2v) is 10.3. The van der Waals surface area contributed by atoms with Gasteiger partial charge in [-0.1, -0.05) is 0 Å². The van der Waals surface area contributed by atoms with E-state index in [1.54, 1.807) is 13.8 Å². The first-order chi connectivity index (χ1) is 10.5. The summed E-state index contributed by atoms with van der Waals surface area (Å²) in [5.41, 5.74) is -0.374. The van der Waals surface area contributed by atoms with Crippen LogP contribution in [0.15, 0.2) is 23.1 Å². The normalized spacial score (nSPS) is 20.6. The Bertz CT molecular complexity index is 831. The van der Waals surface area contributed by atoms with E-state index in [4.69, 9.17) is 0 Å². The Hall–Kier alpha value is -1.48. The highest BCUT2D eigenvalue weighted by Gasteiger charge is 2.38. The van der Waals surface area contributed by atoms with Gasteiger partial charge in [0.25, 0.3) is 5.91 Å². The minimum Gasteiger partial charge on any atom is -0.350 e. The van der Waals surface area contributed by atoms with Crippen molar-refractivity contribution in [1.82, 2.24) is 5.32 Å². The number of hydrogen-bond acceptors (Lipinski definition) is 5. The van der Waals surface area contributed by atoms with Crippen molar-refractivity contribution in [2.75, 3.05) is 11.5 Å². The van der Waals surface area contributed by atoms with Crippen molar-refractivity contribution < 1.29 is 26.0 Å². The largest absolute Gasteiger partial charge is 0.350 e. The first-order valence-electron chi connectivity index (χ1n) is 7.07. The second kappa shape index (κ2) is 6.20. The van der Waals surface area contributed by atoms with Gasteiger partial charge in [-0.05, 0) is 38.5 Å². The van der Waals surface area contributed by atoms with Gasteiger partial charge in [0.2, 0.25) is 0 Å². The summed E-state index contributed by atoms with van der Waals surface area (Å²) in [6, 6.07) is 2.70. The quantitative estimate of drug-likeness (QED) is 0.803. The van der Waals surface area contributed by atoms with E-state index in [0.29, 0.717) is 0 Å². The molecule has 1 saturated heterocycles. The number of carbonyl (C=O) groups is 1. The Balaban J connectivity index is 2.39. The molecule has 1 aliphatic heterocycles. The Kier molecular flexibility index (Phi) is 4.81. The molecule has 23 heavy (non-hydrogen) atoms. The van der Waals surface area contributed by atoms with Gasteiger partial charge < -0.3 is 5.32 Å². The Morgan fingerprint density at radius 3 is 2.52 bits per heavy atom.